The second kappa shape index (κ2) is 6.21. The molecule has 11 heavy (non-hydrogen) atoms. The SMILES string of the molecule is OCCCCC[C@H]1CCSS1. The lowest BCUT2D eigenvalue weighted by Crippen LogP contribution is -1.97. The van der Waals surface area contributed by atoms with Crippen molar-refractivity contribution in [3.8, 4) is 0 Å². The van der Waals surface area contributed by atoms with E-state index in [1.807, 2.05) is 10.8 Å². The Hall–Kier alpha value is 0.660. The van der Waals surface area contributed by atoms with Gasteiger partial charge in [0.1, 0.15) is 0 Å². The van der Waals surface area contributed by atoms with Crippen LogP contribution in [0.2, 0.25) is 0 Å². The summed E-state index contributed by atoms with van der Waals surface area (Å²) in [5, 5.41) is 9.46. The van der Waals surface area contributed by atoms with E-state index in [0.29, 0.717) is 6.61 Å². The molecular formula is C8H16OS2. The van der Waals surface area contributed by atoms with E-state index in [4.69, 9.17) is 5.11 Å². The molecule has 0 amide bonds. The van der Waals surface area contributed by atoms with E-state index in [2.05, 4.69) is 10.8 Å². The maximum atomic E-state index is 8.55. The fourth-order valence-electron chi connectivity index (χ4n) is 1.23. The highest BCUT2D eigenvalue weighted by Crippen LogP contribution is 2.39. The molecule has 0 aliphatic carbocycles. The third-order valence-electron chi connectivity index (χ3n) is 1.91. The van der Waals surface area contributed by atoms with E-state index in [1.165, 1.54) is 31.4 Å². The van der Waals surface area contributed by atoms with Gasteiger partial charge in [0.25, 0.3) is 0 Å². The van der Waals surface area contributed by atoms with Crippen LogP contribution in [0.5, 0.6) is 0 Å². The first-order valence-electron chi connectivity index (χ1n) is 4.32. The molecule has 0 aromatic carbocycles. The minimum atomic E-state index is 0.368. The Bertz CT molecular complexity index is 92.1. The molecule has 1 aliphatic rings. The highest BCUT2D eigenvalue weighted by molar-refractivity contribution is 8.77. The van der Waals surface area contributed by atoms with Crippen molar-refractivity contribution in [3.63, 3.8) is 0 Å². The molecule has 0 aromatic heterocycles. The summed E-state index contributed by atoms with van der Waals surface area (Å²) in [6.07, 6.45) is 6.26. The zero-order chi connectivity index (χ0) is 7.94. The number of unbranched alkanes of at least 4 members (excludes halogenated alkanes) is 2. The lowest BCUT2D eigenvalue weighted by Gasteiger charge is -2.05. The Morgan fingerprint density at radius 1 is 1.27 bits per heavy atom. The zero-order valence-electron chi connectivity index (χ0n) is 6.79. The van der Waals surface area contributed by atoms with Gasteiger partial charge in [-0.1, -0.05) is 34.4 Å². The largest absolute Gasteiger partial charge is 0.396 e. The van der Waals surface area contributed by atoms with Gasteiger partial charge in [-0.05, 0) is 19.3 Å². The van der Waals surface area contributed by atoms with Crippen molar-refractivity contribution in [1.29, 1.82) is 0 Å². The number of hydrogen-bond acceptors (Lipinski definition) is 3. The molecule has 1 fully saturated rings. The fourth-order valence-corrected chi connectivity index (χ4v) is 4.25. The number of aliphatic hydroxyl groups is 1. The molecule has 0 saturated carbocycles. The first-order chi connectivity index (χ1) is 5.43. The zero-order valence-corrected chi connectivity index (χ0v) is 8.42. The Balaban J connectivity index is 1.86. The van der Waals surface area contributed by atoms with Crippen LogP contribution < -0.4 is 0 Å². The summed E-state index contributed by atoms with van der Waals surface area (Å²) in [4.78, 5) is 0. The molecule has 1 saturated heterocycles. The number of hydrogen-bond donors (Lipinski definition) is 1. The molecule has 0 unspecified atom stereocenters. The molecule has 66 valence electrons. The Labute approximate surface area is 76.7 Å². The van der Waals surface area contributed by atoms with Gasteiger partial charge in [-0.3, -0.25) is 0 Å². The van der Waals surface area contributed by atoms with Crippen LogP contribution in [-0.4, -0.2) is 22.7 Å². The number of aliphatic hydroxyl groups excluding tert-OH is 1. The average Bonchev–Trinajstić information content (AvgIpc) is 2.50. The standard InChI is InChI=1S/C8H16OS2/c9-6-3-1-2-4-8-5-7-10-11-8/h8-9H,1-7H2/t8-/m0/s1. The smallest absolute Gasteiger partial charge is 0.0431 e. The number of rotatable bonds is 5. The summed E-state index contributed by atoms with van der Waals surface area (Å²) in [6, 6.07) is 0. The van der Waals surface area contributed by atoms with Crippen molar-refractivity contribution in [2.24, 2.45) is 0 Å². The van der Waals surface area contributed by atoms with Crippen LogP contribution >= 0.6 is 21.6 Å². The molecule has 0 spiro atoms. The van der Waals surface area contributed by atoms with Gasteiger partial charge in [0, 0.05) is 17.6 Å². The van der Waals surface area contributed by atoms with Gasteiger partial charge in [-0.15, -0.1) is 0 Å². The van der Waals surface area contributed by atoms with Gasteiger partial charge in [0.15, 0.2) is 0 Å². The van der Waals surface area contributed by atoms with E-state index < -0.39 is 0 Å². The lowest BCUT2D eigenvalue weighted by atomic mass is 10.1. The Kier molecular flexibility index (Phi) is 5.50. The summed E-state index contributed by atoms with van der Waals surface area (Å²) < 4.78 is 0. The average molecular weight is 192 g/mol. The van der Waals surface area contributed by atoms with E-state index in [9.17, 15) is 0 Å². The molecule has 1 nitrogen and oxygen atoms in total. The van der Waals surface area contributed by atoms with Crippen LogP contribution in [0.4, 0.5) is 0 Å². The molecule has 3 heteroatoms. The van der Waals surface area contributed by atoms with Crippen LogP contribution in [0.1, 0.15) is 32.1 Å². The van der Waals surface area contributed by atoms with Crippen molar-refractivity contribution in [2.45, 2.75) is 37.4 Å². The summed E-state index contributed by atoms with van der Waals surface area (Å²) in [5.41, 5.74) is 0. The van der Waals surface area contributed by atoms with Crippen molar-refractivity contribution < 1.29 is 5.11 Å². The summed E-state index contributed by atoms with van der Waals surface area (Å²) in [5.74, 6) is 1.34. The predicted octanol–water partition coefficient (Wildman–Crippen LogP) is 2.69. The molecule has 1 aliphatic heterocycles. The van der Waals surface area contributed by atoms with Crippen LogP contribution in [0, 0.1) is 0 Å². The second-order valence-corrected chi connectivity index (χ2v) is 5.69. The van der Waals surface area contributed by atoms with E-state index in [0.717, 1.165) is 11.7 Å². The Morgan fingerprint density at radius 3 is 2.82 bits per heavy atom. The third-order valence-corrected chi connectivity index (χ3v) is 4.92. The van der Waals surface area contributed by atoms with Crippen molar-refractivity contribution >= 4 is 21.6 Å². The van der Waals surface area contributed by atoms with E-state index in [-0.39, 0.29) is 0 Å². The maximum Gasteiger partial charge on any atom is 0.0431 e. The third kappa shape index (κ3) is 4.28. The van der Waals surface area contributed by atoms with Crippen molar-refractivity contribution in [1.82, 2.24) is 0 Å². The molecule has 1 heterocycles. The minimum absolute atomic E-state index is 0.368. The first kappa shape index (κ1) is 9.75. The topological polar surface area (TPSA) is 20.2 Å². The predicted molar refractivity (Wildman–Crippen MR) is 54.0 cm³/mol. The van der Waals surface area contributed by atoms with Gasteiger partial charge in [-0.2, -0.15) is 0 Å². The molecule has 0 radical (unpaired) electrons. The van der Waals surface area contributed by atoms with Gasteiger partial charge in [-0.25, -0.2) is 0 Å². The van der Waals surface area contributed by atoms with Gasteiger partial charge in [0.2, 0.25) is 0 Å². The van der Waals surface area contributed by atoms with Crippen LogP contribution in [-0.2, 0) is 0 Å². The highest BCUT2D eigenvalue weighted by Gasteiger charge is 2.15. The molecule has 1 rings (SSSR count). The molecule has 1 N–H and O–H groups in total. The summed E-state index contributed by atoms with van der Waals surface area (Å²) >= 11 is 0. The van der Waals surface area contributed by atoms with Gasteiger partial charge >= 0.3 is 0 Å². The lowest BCUT2D eigenvalue weighted by molar-refractivity contribution is 0.282. The second-order valence-electron chi connectivity index (χ2n) is 2.90. The minimum Gasteiger partial charge on any atom is -0.396 e. The van der Waals surface area contributed by atoms with Crippen LogP contribution in [0.3, 0.4) is 0 Å². The quantitative estimate of drug-likeness (QED) is 0.534. The highest BCUT2D eigenvalue weighted by atomic mass is 33.1. The fraction of sp³-hybridized carbons (Fsp3) is 1.00. The summed E-state index contributed by atoms with van der Waals surface area (Å²) in [6.45, 7) is 0.368. The van der Waals surface area contributed by atoms with Gasteiger partial charge in [0.05, 0.1) is 0 Å². The van der Waals surface area contributed by atoms with Crippen molar-refractivity contribution in [3.05, 3.63) is 0 Å². The van der Waals surface area contributed by atoms with E-state index in [1.54, 1.807) is 0 Å². The molecule has 1 atom stereocenters. The van der Waals surface area contributed by atoms with Gasteiger partial charge < -0.3 is 5.11 Å². The first-order valence-corrected chi connectivity index (χ1v) is 6.71. The maximum absolute atomic E-state index is 8.55. The normalized spacial score (nSPS) is 24.3. The van der Waals surface area contributed by atoms with Crippen LogP contribution in [0.15, 0.2) is 0 Å². The molecular weight excluding hydrogens is 176 g/mol. The van der Waals surface area contributed by atoms with Crippen molar-refractivity contribution in [2.75, 3.05) is 12.4 Å². The molecule has 0 bridgehead atoms. The van der Waals surface area contributed by atoms with Crippen LogP contribution in [0.25, 0.3) is 0 Å². The summed E-state index contributed by atoms with van der Waals surface area (Å²) in [7, 11) is 4.07. The Morgan fingerprint density at radius 2 is 2.18 bits per heavy atom. The van der Waals surface area contributed by atoms with E-state index >= 15 is 0 Å². The molecule has 0 aromatic rings. The monoisotopic (exact) mass is 192 g/mol.